The number of anilines is 1. The highest BCUT2D eigenvalue weighted by Crippen LogP contribution is 2.21. The van der Waals surface area contributed by atoms with Crippen LogP contribution in [0.5, 0.6) is 0 Å². The van der Waals surface area contributed by atoms with Crippen LogP contribution in [0.4, 0.5) is 5.82 Å². The lowest BCUT2D eigenvalue weighted by atomic mass is 10.2. The Hall–Kier alpha value is -2.81. The van der Waals surface area contributed by atoms with Crippen molar-refractivity contribution < 1.29 is 4.79 Å². The number of hydrogen-bond donors (Lipinski definition) is 0. The number of thiazole rings is 1. The van der Waals surface area contributed by atoms with Gasteiger partial charge in [0.05, 0.1) is 10.7 Å². The third-order valence-electron chi connectivity index (χ3n) is 4.36. The third kappa shape index (κ3) is 3.17. The summed E-state index contributed by atoms with van der Waals surface area (Å²) in [5, 5.41) is 13.6. The van der Waals surface area contributed by atoms with Crippen LogP contribution in [0.15, 0.2) is 30.6 Å². The first-order valence-corrected chi connectivity index (χ1v) is 9.25. The van der Waals surface area contributed by atoms with Crippen LogP contribution in [0.3, 0.4) is 0 Å². The van der Waals surface area contributed by atoms with E-state index in [9.17, 15) is 4.79 Å². The molecular formula is C17H19N7OS. The summed E-state index contributed by atoms with van der Waals surface area (Å²) >= 11 is 1.47. The molecule has 0 bridgehead atoms. The molecule has 1 fully saturated rings. The molecule has 3 aromatic rings. The van der Waals surface area contributed by atoms with E-state index in [4.69, 9.17) is 0 Å². The molecule has 0 unspecified atom stereocenters. The Bertz CT molecular complexity index is 896. The fourth-order valence-electron chi connectivity index (χ4n) is 3.03. The van der Waals surface area contributed by atoms with E-state index in [1.807, 2.05) is 43.1 Å². The van der Waals surface area contributed by atoms with Crippen LogP contribution in [0.25, 0.3) is 5.82 Å². The Kier molecular flexibility index (Phi) is 4.37. The molecule has 0 saturated carbocycles. The maximum atomic E-state index is 12.7. The van der Waals surface area contributed by atoms with Gasteiger partial charge in [0.2, 0.25) is 0 Å². The van der Waals surface area contributed by atoms with Crippen LogP contribution in [0.1, 0.15) is 20.4 Å². The lowest BCUT2D eigenvalue weighted by molar-refractivity contribution is 0.0750. The average Bonchev–Trinajstić information content (AvgIpc) is 3.31. The van der Waals surface area contributed by atoms with Gasteiger partial charge in [0.25, 0.3) is 5.91 Å². The number of aromatic nitrogens is 5. The van der Waals surface area contributed by atoms with E-state index in [0.29, 0.717) is 18.9 Å². The lowest BCUT2D eigenvalue weighted by Gasteiger charge is -2.35. The lowest BCUT2D eigenvalue weighted by Crippen LogP contribution is -2.49. The van der Waals surface area contributed by atoms with Crippen molar-refractivity contribution in [3.8, 4) is 5.82 Å². The topological polar surface area (TPSA) is 80.0 Å². The molecule has 9 heteroatoms. The van der Waals surface area contributed by atoms with Crippen LogP contribution >= 0.6 is 11.3 Å². The average molecular weight is 369 g/mol. The maximum absolute atomic E-state index is 12.7. The highest BCUT2D eigenvalue weighted by molar-refractivity contribution is 7.13. The van der Waals surface area contributed by atoms with E-state index in [-0.39, 0.29) is 5.91 Å². The molecule has 134 valence electrons. The molecule has 8 nitrogen and oxygen atoms in total. The van der Waals surface area contributed by atoms with Gasteiger partial charge in [-0.05, 0) is 32.0 Å². The van der Waals surface area contributed by atoms with Crippen LogP contribution in [0.2, 0.25) is 0 Å². The summed E-state index contributed by atoms with van der Waals surface area (Å²) in [6.45, 7) is 6.62. The van der Waals surface area contributed by atoms with E-state index >= 15 is 0 Å². The highest BCUT2D eigenvalue weighted by atomic mass is 32.1. The van der Waals surface area contributed by atoms with E-state index in [0.717, 1.165) is 34.5 Å². The van der Waals surface area contributed by atoms with E-state index in [1.54, 1.807) is 10.9 Å². The van der Waals surface area contributed by atoms with Gasteiger partial charge in [-0.1, -0.05) is 0 Å². The Labute approximate surface area is 155 Å². The molecule has 0 spiro atoms. The quantitative estimate of drug-likeness (QED) is 0.699. The summed E-state index contributed by atoms with van der Waals surface area (Å²) in [6, 6.07) is 5.69. The Morgan fingerprint density at radius 3 is 2.38 bits per heavy atom. The zero-order valence-corrected chi connectivity index (χ0v) is 15.5. The minimum atomic E-state index is 0.0767. The number of rotatable bonds is 3. The summed E-state index contributed by atoms with van der Waals surface area (Å²) in [7, 11) is 0. The van der Waals surface area contributed by atoms with Crippen molar-refractivity contribution in [1.82, 2.24) is 29.9 Å². The van der Waals surface area contributed by atoms with Crippen LogP contribution in [-0.2, 0) is 0 Å². The Balaban J connectivity index is 1.40. The van der Waals surface area contributed by atoms with Gasteiger partial charge >= 0.3 is 0 Å². The molecule has 26 heavy (non-hydrogen) atoms. The van der Waals surface area contributed by atoms with Gasteiger partial charge in [-0.25, -0.2) is 9.67 Å². The molecule has 4 heterocycles. The molecule has 4 rings (SSSR count). The molecule has 3 aromatic heterocycles. The summed E-state index contributed by atoms with van der Waals surface area (Å²) in [5.74, 6) is 1.58. The van der Waals surface area contributed by atoms with Crippen molar-refractivity contribution in [2.75, 3.05) is 31.1 Å². The van der Waals surface area contributed by atoms with E-state index in [2.05, 4.69) is 25.2 Å². The van der Waals surface area contributed by atoms with Gasteiger partial charge in [-0.3, -0.25) is 4.79 Å². The first-order chi connectivity index (χ1) is 12.6. The molecule has 1 aliphatic rings. The van der Waals surface area contributed by atoms with Gasteiger partial charge < -0.3 is 9.80 Å². The van der Waals surface area contributed by atoms with Gasteiger partial charge in [-0.15, -0.1) is 21.5 Å². The van der Waals surface area contributed by atoms with Crippen molar-refractivity contribution in [2.24, 2.45) is 0 Å². The standard InChI is InChI=1S/C17H19N7OS/c1-12-16(26-13(2)19-12)17(25)23-10-8-22(9-11-23)14-4-5-15(21-20-14)24-7-3-6-18-24/h3-7H,8-11H2,1-2H3. The fraction of sp³-hybridized carbons (Fsp3) is 0.353. The van der Waals surface area contributed by atoms with Crippen LogP contribution < -0.4 is 4.90 Å². The first-order valence-electron chi connectivity index (χ1n) is 8.44. The molecule has 0 N–H and O–H groups in total. The van der Waals surface area contributed by atoms with Crippen molar-refractivity contribution >= 4 is 23.1 Å². The van der Waals surface area contributed by atoms with Crippen LogP contribution in [0, 0.1) is 13.8 Å². The second kappa shape index (κ2) is 6.83. The zero-order valence-electron chi connectivity index (χ0n) is 14.7. The summed E-state index contributed by atoms with van der Waals surface area (Å²) in [4.78, 5) is 21.8. The van der Waals surface area contributed by atoms with Gasteiger partial charge in [0, 0.05) is 38.6 Å². The molecule has 1 aliphatic heterocycles. The second-order valence-electron chi connectivity index (χ2n) is 6.13. The predicted molar refractivity (Wildman–Crippen MR) is 98.9 cm³/mol. The molecule has 1 amide bonds. The van der Waals surface area contributed by atoms with Crippen molar-refractivity contribution in [2.45, 2.75) is 13.8 Å². The molecule has 0 aromatic carbocycles. The number of carbonyl (C=O) groups is 1. The number of aryl methyl sites for hydroxylation is 2. The maximum Gasteiger partial charge on any atom is 0.265 e. The monoisotopic (exact) mass is 369 g/mol. The van der Waals surface area contributed by atoms with Gasteiger partial charge in [-0.2, -0.15) is 5.10 Å². The van der Waals surface area contributed by atoms with Crippen molar-refractivity contribution in [1.29, 1.82) is 0 Å². The number of nitrogens with zero attached hydrogens (tertiary/aromatic N) is 7. The normalized spacial score (nSPS) is 14.7. The van der Waals surface area contributed by atoms with Crippen molar-refractivity contribution in [3.05, 3.63) is 46.2 Å². The molecule has 0 atom stereocenters. The Morgan fingerprint density at radius 1 is 1.08 bits per heavy atom. The van der Waals surface area contributed by atoms with Gasteiger partial charge in [0.15, 0.2) is 11.6 Å². The number of amides is 1. The molecule has 1 saturated heterocycles. The van der Waals surface area contributed by atoms with Crippen LogP contribution in [-0.4, -0.2) is 61.9 Å². The zero-order chi connectivity index (χ0) is 18.1. The molecule has 0 aliphatic carbocycles. The van der Waals surface area contributed by atoms with Gasteiger partial charge in [0.1, 0.15) is 4.88 Å². The first kappa shape index (κ1) is 16.6. The summed E-state index contributed by atoms with van der Waals surface area (Å²) in [6.07, 6.45) is 3.54. The fourth-order valence-corrected chi connectivity index (χ4v) is 3.91. The van der Waals surface area contributed by atoms with E-state index in [1.165, 1.54) is 11.3 Å². The largest absolute Gasteiger partial charge is 0.352 e. The minimum absolute atomic E-state index is 0.0767. The number of hydrogen-bond acceptors (Lipinski definition) is 7. The molecular weight excluding hydrogens is 350 g/mol. The smallest absolute Gasteiger partial charge is 0.265 e. The Morgan fingerprint density at radius 2 is 1.81 bits per heavy atom. The van der Waals surface area contributed by atoms with E-state index < -0.39 is 0 Å². The third-order valence-corrected chi connectivity index (χ3v) is 5.43. The number of piperazine rings is 1. The van der Waals surface area contributed by atoms with Crippen molar-refractivity contribution in [3.63, 3.8) is 0 Å². The molecule has 0 radical (unpaired) electrons. The number of carbonyl (C=O) groups excluding carboxylic acids is 1. The summed E-state index contributed by atoms with van der Waals surface area (Å²) in [5.41, 5.74) is 0.819. The SMILES string of the molecule is Cc1nc(C)c(C(=O)N2CCN(c3ccc(-n4cccn4)nn3)CC2)s1. The minimum Gasteiger partial charge on any atom is -0.352 e. The second-order valence-corrected chi connectivity index (χ2v) is 7.33. The highest BCUT2D eigenvalue weighted by Gasteiger charge is 2.25. The predicted octanol–water partition coefficient (Wildman–Crippen LogP) is 1.70. The summed E-state index contributed by atoms with van der Waals surface area (Å²) < 4.78 is 1.67.